The first kappa shape index (κ1) is 14.2. The molecule has 2 aromatic rings. The number of benzene rings is 1. The molecule has 1 N–H and O–H groups in total. The van der Waals surface area contributed by atoms with Gasteiger partial charge in [0, 0.05) is 0 Å². The van der Waals surface area contributed by atoms with E-state index in [-0.39, 0.29) is 18.6 Å². The van der Waals surface area contributed by atoms with Gasteiger partial charge in [-0.15, -0.1) is 0 Å². The number of rotatable bonds is 5. The van der Waals surface area contributed by atoms with Gasteiger partial charge in [0.15, 0.2) is 6.61 Å². The van der Waals surface area contributed by atoms with Crippen molar-refractivity contribution in [2.24, 2.45) is 0 Å². The van der Waals surface area contributed by atoms with Crippen LogP contribution in [-0.2, 0) is 4.79 Å². The summed E-state index contributed by atoms with van der Waals surface area (Å²) in [5, 5.41) is 2.83. The number of amides is 1. The van der Waals surface area contributed by atoms with Crippen LogP contribution in [0.2, 0.25) is 0 Å². The van der Waals surface area contributed by atoms with Crippen LogP contribution in [0.25, 0.3) is 0 Å². The molecule has 2 rings (SSSR count). The Balaban J connectivity index is 1.87. The van der Waals surface area contributed by atoms with E-state index in [9.17, 15) is 4.79 Å². The zero-order valence-electron chi connectivity index (χ0n) is 12.0. The molecule has 1 aromatic heterocycles. The second-order valence-corrected chi connectivity index (χ2v) is 4.86. The van der Waals surface area contributed by atoms with Crippen molar-refractivity contribution in [2.75, 3.05) is 6.61 Å². The van der Waals surface area contributed by atoms with Crippen molar-refractivity contribution in [1.29, 1.82) is 0 Å². The van der Waals surface area contributed by atoms with Gasteiger partial charge in [0.2, 0.25) is 0 Å². The summed E-state index contributed by atoms with van der Waals surface area (Å²) in [6, 6.07) is 9.38. The number of carbonyl (C=O) groups excluding carboxylic acids is 1. The van der Waals surface area contributed by atoms with E-state index in [0.29, 0.717) is 0 Å². The molecule has 20 heavy (non-hydrogen) atoms. The molecule has 0 saturated carbocycles. The van der Waals surface area contributed by atoms with Crippen LogP contribution >= 0.6 is 0 Å². The Morgan fingerprint density at radius 2 is 2.15 bits per heavy atom. The molecule has 0 fully saturated rings. The fourth-order valence-electron chi connectivity index (χ4n) is 1.90. The Morgan fingerprint density at radius 1 is 1.35 bits per heavy atom. The van der Waals surface area contributed by atoms with E-state index in [1.807, 2.05) is 45.0 Å². The molecule has 0 aliphatic carbocycles. The van der Waals surface area contributed by atoms with E-state index in [1.165, 1.54) is 0 Å². The molecule has 1 unspecified atom stereocenters. The van der Waals surface area contributed by atoms with Crippen molar-refractivity contribution >= 4 is 5.91 Å². The molecule has 0 saturated heterocycles. The molecule has 1 atom stereocenters. The van der Waals surface area contributed by atoms with Crippen molar-refractivity contribution in [3.8, 4) is 5.75 Å². The minimum Gasteiger partial charge on any atom is -0.483 e. The largest absolute Gasteiger partial charge is 0.483 e. The second kappa shape index (κ2) is 6.28. The lowest BCUT2D eigenvalue weighted by molar-refractivity contribution is -0.123. The normalized spacial score (nSPS) is 11.9. The molecule has 0 aliphatic heterocycles. The maximum atomic E-state index is 11.8. The smallest absolute Gasteiger partial charge is 0.258 e. The highest BCUT2D eigenvalue weighted by Crippen LogP contribution is 2.19. The Hall–Kier alpha value is -2.23. The lowest BCUT2D eigenvalue weighted by Crippen LogP contribution is -2.31. The SMILES string of the molecule is Cc1ccc(C)c(OCC(=O)NC(C)c2ccco2)c1. The Kier molecular flexibility index (Phi) is 4.45. The molecule has 1 amide bonds. The zero-order chi connectivity index (χ0) is 14.5. The highest BCUT2D eigenvalue weighted by molar-refractivity contribution is 5.77. The quantitative estimate of drug-likeness (QED) is 0.910. The molecule has 4 nitrogen and oxygen atoms in total. The summed E-state index contributed by atoms with van der Waals surface area (Å²) in [5.41, 5.74) is 2.12. The summed E-state index contributed by atoms with van der Waals surface area (Å²) in [6.07, 6.45) is 1.59. The van der Waals surface area contributed by atoms with Crippen LogP contribution in [0, 0.1) is 13.8 Å². The molecule has 106 valence electrons. The number of furan rings is 1. The van der Waals surface area contributed by atoms with Gasteiger partial charge in [-0.3, -0.25) is 4.79 Å². The van der Waals surface area contributed by atoms with Gasteiger partial charge in [0.25, 0.3) is 5.91 Å². The Labute approximate surface area is 118 Å². The maximum Gasteiger partial charge on any atom is 0.258 e. The van der Waals surface area contributed by atoms with E-state index < -0.39 is 0 Å². The number of carbonyl (C=O) groups is 1. The topological polar surface area (TPSA) is 51.5 Å². The van der Waals surface area contributed by atoms with Gasteiger partial charge < -0.3 is 14.5 Å². The summed E-state index contributed by atoms with van der Waals surface area (Å²) >= 11 is 0. The molecule has 0 spiro atoms. The minimum atomic E-state index is -0.171. The molecule has 0 aliphatic rings. The molecule has 0 radical (unpaired) electrons. The highest BCUT2D eigenvalue weighted by atomic mass is 16.5. The van der Waals surface area contributed by atoms with Crippen molar-refractivity contribution in [3.05, 3.63) is 53.5 Å². The van der Waals surface area contributed by atoms with Crippen LogP contribution in [-0.4, -0.2) is 12.5 Å². The van der Waals surface area contributed by atoms with Crippen molar-refractivity contribution < 1.29 is 13.9 Å². The standard InChI is InChI=1S/C16H19NO3/c1-11-6-7-12(2)15(9-11)20-10-16(18)17-13(3)14-5-4-8-19-14/h4-9,13H,10H2,1-3H3,(H,17,18). The summed E-state index contributed by atoms with van der Waals surface area (Å²) in [6.45, 7) is 5.81. The van der Waals surface area contributed by atoms with E-state index in [4.69, 9.17) is 9.15 Å². The number of ether oxygens (including phenoxy) is 1. The van der Waals surface area contributed by atoms with Crippen LogP contribution in [0.4, 0.5) is 0 Å². The van der Waals surface area contributed by atoms with E-state index >= 15 is 0 Å². The van der Waals surface area contributed by atoms with Crippen LogP contribution in [0.15, 0.2) is 41.0 Å². The monoisotopic (exact) mass is 273 g/mol. The lowest BCUT2D eigenvalue weighted by atomic mass is 10.1. The molecule has 0 bridgehead atoms. The maximum absolute atomic E-state index is 11.8. The third-order valence-electron chi connectivity index (χ3n) is 3.05. The first-order valence-electron chi connectivity index (χ1n) is 6.59. The van der Waals surface area contributed by atoms with Gasteiger partial charge in [-0.25, -0.2) is 0 Å². The zero-order valence-corrected chi connectivity index (χ0v) is 12.0. The predicted molar refractivity (Wildman–Crippen MR) is 76.7 cm³/mol. The van der Waals surface area contributed by atoms with E-state index in [0.717, 1.165) is 22.6 Å². The fraction of sp³-hybridized carbons (Fsp3) is 0.312. The predicted octanol–water partition coefficient (Wildman–Crippen LogP) is 3.15. The lowest BCUT2D eigenvalue weighted by Gasteiger charge is -2.13. The van der Waals surface area contributed by atoms with Crippen LogP contribution in [0.3, 0.4) is 0 Å². The summed E-state index contributed by atoms with van der Waals surface area (Å²) in [4.78, 5) is 11.8. The van der Waals surface area contributed by atoms with Crippen molar-refractivity contribution in [3.63, 3.8) is 0 Å². The van der Waals surface area contributed by atoms with E-state index in [2.05, 4.69) is 5.32 Å². The Bertz CT molecular complexity index is 575. The summed E-state index contributed by atoms with van der Waals surface area (Å²) < 4.78 is 10.8. The van der Waals surface area contributed by atoms with Gasteiger partial charge >= 0.3 is 0 Å². The van der Waals surface area contributed by atoms with Gasteiger partial charge in [-0.2, -0.15) is 0 Å². The van der Waals surface area contributed by atoms with Gasteiger partial charge in [0.1, 0.15) is 11.5 Å². The molecule has 4 heteroatoms. The molecular formula is C16H19NO3. The Morgan fingerprint density at radius 3 is 2.85 bits per heavy atom. The molecule has 1 heterocycles. The first-order chi connectivity index (χ1) is 9.56. The number of hydrogen-bond acceptors (Lipinski definition) is 3. The number of aryl methyl sites for hydroxylation is 2. The summed E-state index contributed by atoms with van der Waals surface area (Å²) in [5.74, 6) is 1.30. The summed E-state index contributed by atoms with van der Waals surface area (Å²) in [7, 11) is 0. The van der Waals surface area contributed by atoms with Crippen LogP contribution < -0.4 is 10.1 Å². The van der Waals surface area contributed by atoms with Gasteiger partial charge in [-0.1, -0.05) is 12.1 Å². The average molecular weight is 273 g/mol. The van der Waals surface area contributed by atoms with Crippen LogP contribution in [0.1, 0.15) is 29.9 Å². The van der Waals surface area contributed by atoms with Gasteiger partial charge in [-0.05, 0) is 50.1 Å². The van der Waals surface area contributed by atoms with Crippen LogP contribution in [0.5, 0.6) is 5.75 Å². The van der Waals surface area contributed by atoms with Crippen molar-refractivity contribution in [2.45, 2.75) is 26.8 Å². The van der Waals surface area contributed by atoms with Crippen molar-refractivity contribution in [1.82, 2.24) is 5.32 Å². The average Bonchev–Trinajstić information content (AvgIpc) is 2.94. The third-order valence-corrected chi connectivity index (χ3v) is 3.05. The fourth-order valence-corrected chi connectivity index (χ4v) is 1.90. The number of hydrogen-bond donors (Lipinski definition) is 1. The number of nitrogens with one attached hydrogen (secondary N) is 1. The molecular weight excluding hydrogens is 254 g/mol. The molecule has 1 aromatic carbocycles. The first-order valence-corrected chi connectivity index (χ1v) is 6.59. The van der Waals surface area contributed by atoms with E-state index in [1.54, 1.807) is 12.3 Å². The highest BCUT2D eigenvalue weighted by Gasteiger charge is 2.12. The second-order valence-electron chi connectivity index (χ2n) is 4.86. The third kappa shape index (κ3) is 3.63. The van der Waals surface area contributed by atoms with Gasteiger partial charge in [0.05, 0.1) is 12.3 Å². The minimum absolute atomic E-state index is 0.00462.